The number of amides is 2. The summed E-state index contributed by atoms with van der Waals surface area (Å²) in [5, 5.41) is 3.34. The summed E-state index contributed by atoms with van der Waals surface area (Å²) >= 11 is 0. The molecule has 4 aliphatic heterocycles. The van der Waals surface area contributed by atoms with Crippen molar-refractivity contribution in [3.8, 4) is 0 Å². The highest BCUT2D eigenvalue weighted by Crippen LogP contribution is 2.39. The van der Waals surface area contributed by atoms with Crippen LogP contribution in [0.25, 0.3) is 0 Å². The van der Waals surface area contributed by atoms with Crippen molar-refractivity contribution in [2.45, 2.75) is 140 Å². The first kappa shape index (κ1) is 31.2. The van der Waals surface area contributed by atoms with Gasteiger partial charge in [-0.25, -0.2) is 18.4 Å². The number of fused-ring (bicyclic) bond motifs is 4. The number of nitrogens with one attached hydrogen (secondary N) is 1. The van der Waals surface area contributed by atoms with Gasteiger partial charge in [-0.15, -0.1) is 0 Å². The van der Waals surface area contributed by atoms with E-state index in [2.05, 4.69) is 5.32 Å². The topological polar surface area (TPSA) is 88.2 Å². The van der Waals surface area contributed by atoms with Crippen molar-refractivity contribution in [1.82, 2.24) is 15.1 Å². The van der Waals surface area contributed by atoms with Crippen LogP contribution in [0.15, 0.2) is 30.3 Å². The molecule has 4 saturated heterocycles. The zero-order chi connectivity index (χ0) is 30.1. The summed E-state index contributed by atoms with van der Waals surface area (Å²) in [6, 6.07) is 8.72. The second kappa shape index (κ2) is 12.2. The zero-order valence-corrected chi connectivity index (χ0v) is 25.1. The van der Waals surface area contributed by atoms with E-state index in [1.807, 2.05) is 51.1 Å². The number of carbonyl (C=O) groups excluding carboxylic acids is 3. The van der Waals surface area contributed by atoms with E-state index in [0.29, 0.717) is 32.2 Å². The van der Waals surface area contributed by atoms with E-state index in [9.17, 15) is 23.2 Å². The van der Waals surface area contributed by atoms with Gasteiger partial charge in [-0.05, 0) is 79.2 Å². The summed E-state index contributed by atoms with van der Waals surface area (Å²) in [5.41, 5.74) is 0.000702. The molecule has 4 bridgehead atoms. The van der Waals surface area contributed by atoms with Crippen LogP contribution in [0.1, 0.15) is 85.6 Å². The van der Waals surface area contributed by atoms with Gasteiger partial charge in [0.1, 0.15) is 17.4 Å². The van der Waals surface area contributed by atoms with Crippen LogP contribution in [-0.4, -0.2) is 81.5 Å². The largest absolute Gasteiger partial charge is 0.444 e. The van der Waals surface area contributed by atoms with E-state index in [0.717, 1.165) is 12.0 Å². The summed E-state index contributed by atoms with van der Waals surface area (Å²) in [5.74, 6) is -0.377. The molecule has 5 rings (SSSR count). The second-order valence-corrected chi connectivity index (χ2v) is 13.6. The number of carbonyl (C=O) groups is 3. The van der Waals surface area contributed by atoms with Gasteiger partial charge in [0.15, 0.2) is 12.0 Å². The van der Waals surface area contributed by atoms with Crippen molar-refractivity contribution in [3.05, 3.63) is 35.9 Å². The van der Waals surface area contributed by atoms with E-state index in [1.54, 1.807) is 25.7 Å². The molecular formula is C31H45F2N3O5. The predicted octanol–water partition coefficient (Wildman–Crippen LogP) is 5.72. The highest BCUT2D eigenvalue weighted by atomic mass is 19.1. The van der Waals surface area contributed by atoms with Gasteiger partial charge in [-0.2, -0.15) is 0 Å². The molecule has 1 N–H and O–H groups in total. The lowest BCUT2D eigenvalue weighted by atomic mass is 9.95. The summed E-state index contributed by atoms with van der Waals surface area (Å²) in [6.45, 7) is 11.5. The number of hydrogen-bond acceptors (Lipinski definition) is 6. The molecule has 8 nitrogen and oxygen atoms in total. The molecule has 7 atom stereocenters. The number of benzene rings is 1. The first-order chi connectivity index (χ1) is 19.1. The predicted molar refractivity (Wildman–Crippen MR) is 151 cm³/mol. The minimum Gasteiger partial charge on any atom is -0.444 e. The van der Waals surface area contributed by atoms with Crippen molar-refractivity contribution in [3.63, 3.8) is 0 Å². The number of rotatable bonds is 3. The molecule has 0 aliphatic carbocycles. The van der Waals surface area contributed by atoms with Crippen LogP contribution in [-0.2, 0) is 20.8 Å². The van der Waals surface area contributed by atoms with Crippen molar-refractivity contribution in [2.75, 3.05) is 0 Å². The van der Waals surface area contributed by atoms with E-state index in [-0.39, 0.29) is 42.5 Å². The fourth-order valence-electron chi connectivity index (χ4n) is 6.35. The van der Waals surface area contributed by atoms with E-state index in [4.69, 9.17) is 9.47 Å². The Labute approximate surface area is 242 Å². The van der Waals surface area contributed by atoms with Gasteiger partial charge in [0.05, 0.1) is 12.1 Å². The van der Waals surface area contributed by atoms with Crippen molar-refractivity contribution >= 4 is 18.0 Å². The monoisotopic (exact) mass is 577 g/mol. The first-order valence-corrected chi connectivity index (χ1v) is 14.8. The lowest BCUT2D eigenvalue weighted by Crippen LogP contribution is -2.59. The first-order valence-electron chi connectivity index (χ1n) is 14.8. The Kier molecular flexibility index (Phi) is 9.31. The fourth-order valence-corrected chi connectivity index (χ4v) is 6.35. The molecule has 0 aromatic heterocycles. The SMILES string of the molecule is CC(C)(C)OC(=O)N1[C@@H]2CC[C@H]1C(F)C(=O)C2.CC(C)(C)OC(=O)N1[C@@H]2CC[C@H]1[C@H](F)[C@@H](NCc1ccccc1)C2. The highest BCUT2D eigenvalue weighted by Gasteiger charge is 2.51. The number of piperidine rings is 2. The lowest BCUT2D eigenvalue weighted by Gasteiger charge is -2.41. The third-order valence-electron chi connectivity index (χ3n) is 8.07. The Bertz CT molecular complexity index is 1090. The molecule has 4 aliphatic rings. The van der Waals surface area contributed by atoms with Crippen molar-refractivity contribution in [1.29, 1.82) is 0 Å². The molecule has 0 spiro atoms. The van der Waals surface area contributed by atoms with Gasteiger partial charge in [-0.1, -0.05) is 30.3 Å². The van der Waals surface area contributed by atoms with E-state index in [1.165, 1.54) is 4.90 Å². The number of hydrogen-bond donors (Lipinski definition) is 1. The molecule has 4 heterocycles. The smallest absolute Gasteiger partial charge is 0.410 e. The van der Waals surface area contributed by atoms with Crippen LogP contribution in [0.3, 0.4) is 0 Å². The number of halogens is 2. The normalized spacial score (nSPS) is 30.9. The second-order valence-electron chi connectivity index (χ2n) is 13.6. The molecule has 4 fully saturated rings. The van der Waals surface area contributed by atoms with Gasteiger partial charge in [-0.3, -0.25) is 14.6 Å². The van der Waals surface area contributed by atoms with Crippen molar-refractivity contribution < 1.29 is 32.6 Å². The minimum absolute atomic E-state index is 0.0742. The molecule has 2 amide bonds. The Hall–Kier alpha value is -2.75. The molecule has 1 aromatic rings. The van der Waals surface area contributed by atoms with Crippen LogP contribution >= 0.6 is 0 Å². The summed E-state index contributed by atoms with van der Waals surface area (Å²) in [6.07, 6.45) is 0.108. The average Bonchev–Trinajstić information content (AvgIpc) is 3.41. The number of ether oxygens (including phenoxy) is 2. The maximum Gasteiger partial charge on any atom is 0.410 e. The Morgan fingerprint density at radius 3 is 1.98 bits per heavy atom. The molecular weight excluding hydrogens is 532 g/mol. The quantitative estimate of drug-likeness (QED) is 0.495. The summed E-state index contributed by atoms with van der Waals surface area (Å²) in [4.78, 5) is 38.8. The third-order valence-corrected chi connectivity index (χ3v) is 8.07. The number of ketones is 1. The average molecular weight is 578 g/mol. The van der Waals surface area contributed by atoms with Gasteiger partial charge < -0.3 is 14.8 Å². The summed E-state index contributed by atoms with van der Waals surface area (Å²) in [7, 11) is 0. The maximum absolute atomic E-state index is 15.0. The fraction of sp³-hybridized carbons (Fsp3) is 0.710. The van der Waals surface area contributed by atoms with Gasteiger partial charge in [0.2, 0.25) is 0 Å². The van der Waals surface area contributed by atoms with Crippen LogP contribution in [0, 0.1) is 0 Å². The molecule has 0 saturated carbocycles. The summed E-state index contributed by atoms with van der Waals surface area (Å²) < 4.78 is 39.4. The minimum atomic E-state index is -1.54. The van der Waals surface area contributed by atoms with Gasteiger partial charge in [0.25, 0.3) is 0 Å². The molecule has 1 unspecified atom stereocenters. The highest BCUT2D eigenvalue weighted by molar-refractivity contribution is 5.87. The Morgan fingerprint density at radius 1 is 0.854 bits per heavy atom. The molecule has 0 radical (unpaired) electrons. The van der Waals surface area contributed by atoms with E-state index < -0.39 is 35.7 Å². The van der Waals surface area contributed by atoms with Crippen LogP contribution in [0.4, 0.5) is 18.4 Å². The Morgan fingerprint density at radius 2 is 1.39 bits per heavy atom. The number of nitrogens with zero attached hydrogens (tertiary/aromatic N) is 2. The van der Waals surface area contributed by atoms with Gasteiger partial charge in [0, 0.05) is 31.1 Å². The lowest BCUT2D eigenvalue weighted by molar-refractivity contribution is -0.130. The van der Waals surface area contributed by atoms with Crippen molar-refractivity contribution in [2.24, 2.45) is 0 Å². The standard InChI is InChI=1S/C19H27FN2O2.C12H18FNO3/c1-19(2,3)24-18(23)22-14-9-10-16(22)17(20)15(11-14)21-12-13-7-5-4-6-8-13;1-12(2,3)17-11(16)14-7-4-5-8(14)10(13)9(15)6-7/h4-8,14-17,21H,9-12H2,1-3H3;7-8,10H,4-6H2,1-3H3/t14-,15+,16+,17-;7-,8+,10?/m11/s1. The maximum atomic E-state index is 15.0. The van der Waals surface area contributed by atoms with Crippen LogP contribution in [0.2, 0.25) is 0 Å². The molecule has 228 valence electrons. The third kappa shape index (κ3) is 7.56. The van der Waals surface area contributed by atoms with Crippen LogP contribution in [0.5, 0.6) is 0 Å². The van der Waals surface area contributed by atoms with Crippen LogP contribution < -0.4 is 5.32 Å². The molecule has 41 heavy (non-hydrogen) atoms. The van der Waals surface area contributed by atoms with Gasteiger partial charge >= 0.3 is 12.2 Å². The van der Waals surface area contributed by atoms with E-state index >= 15 is 0 Å². The number of Topliss-reactive ketones (excluding diaryl/α,β-unsaturated/α-hetero) is 1. The number of alkyl halides is 2. The molecule has 1 aromatic carbocycles. The molecule has 10 heteroatoms. The Balaban J connectivity index is 0.000000201. The zero-order valence-electron chi connectivity index (χ0n) is 25.1.